The van der Waals surface area contributed by atoms with Crippen LogP contribution in [-0.2, 0) is 0 Å². The molecule has 29 heavy (non-hydrogen) atoms. The highest BCUT2D eigenvalue weighted by molar-refractivity contribution is 7.99. The zero-order valence-electron chi connectivity index (χ0n) is 16.7. The standard InChI is InChI=1S/C21H21N5O2S/c1-12(2)18-24-19(28-25-18)14(4)29-21-23-16-8-6-5-7-15(16)20(27)26(21)17-11-13(3)9-10-22-17/h5-12,14H,1-4H3. The fourth-order valence-corrected chi connectivity index (χ4v) is 3.84. The second kappa shape index (κ2) is 7.79. The van der Waals surface area contributed by atoms with Gasteiger partial charge in [0.25, 0.3) is 5.56 Å². The van der Waals surface area contributed by atoms with E-state index in [0.29, 0.717) is 33.6 Å². The van der Waals surface area contributed by atoms with E-state index < -0.39 is 0 Å². The predicted molar refractivity (Wildman–Crippen MR) is 113 cm³/mol. The van der Waals surface area contributed by atoms with Crippen molar-refractivity contribution in [3.8, 4) is 5.82 Å². The molecule has 3 heterocycles. The van der Waals surface area contributed by atoms with Gasteiger partial charge in [-0.15, -0.1) is 0 Å². The molecule has 148 valence electrons. The van der Waals surface area contributed by atoms with Gasteiger partial charge < -0.3 is 4.52 Å². The Bertz CT molecular complexity index is 1230. The summed E-state index contributed by atoms with van der Waals surface area (Å²) in [4.78, 5) is 26.9. The Hall–Kier alpha value is -3.00. The van der Waals surface area contributed by atoms with Crippen molar-refractivity contribution in [3.63, 3.8) is 0 Å². The molecule has 1 atom stereocenters. The number of hydrogen-bond acceptors (Lipinski definition) is 7. The third-order valence-corrected chi connectivity index (χ3v) is 5.52. The summed E-state index contributed by atoms with van der Waals surface area (Å²) in [5.74, 6) is 1.89. The Balaban J connectivity index is 1.83. The second-order valence-electron chi connectivity index (χ2n) is 7.15. The van der Waals surface area contributed by atoms with Gasteiger partial charge in [0.2, 0.25) is 5.89 Å². The molecule has 1 aromatic carbocycles. The molecule has 0 radical (unpaired) electrons. The van der Waals surface area contributed by atoms with E-state index in [0.717, 1.165) is 5.56 Å². The number of hydrogen-bond donors (Lipinski definition) is 0. The predicted octanol–water partition coefficient (Wildman–Crippen LogP) is 4.45. The number of aryl methyl sites for hydroxylation is 1. The summed E-state index contributed by atoms with van der Waals surface area (Å²) in [7, 11) is 0. The van der Waals surface area contributed by atoms with E-state index in [-0.39, 0.29) is 16.7 Å². The van der Waals surface area contributed by atoms with Crippen molar-refractivity contribution in [2.75, 3.05) is 0 Å². The fourth-order valence-electron chi connectivity index (χ4n) is 2.89. The number of thioether (sulfide) groups is 1. The summed E-state index contributed by atoms with van der Waals surface area (Å²) in [6.07, 6.45) is 1.69. The highest BCUT2D eigenvalue weighted by Gasteiger charge is 2.22. The van der Waals surface area contributed by atoms with Gasteiger partial charge in [-0.05, 0) is 43.7 Å². The maximum atomic E-state index is 13.3. The van der Waals surface area contributed by atoms with Crippen LogP contribution < -0.4 is 5.56 Å². The molecule has 4 rings (SSSR count). The zero-order chi connectivity index (χ0) is 20.5. The van der Waals surface area contributed by atoms with Gasteiger partial charge in [0.1, 0.15) is 5.82 Å². The molecular formula is C21H21N5O2S. The zero-order valence-corrected chi connectivity index (χ0v) is 17.5. The minimum absolute atomic E-state index is 0.156. The Morgan fingerprint density at radius 2 is 1.90 bits per heavy atom. The number of fused-ring (bicyclic) bond motifs is 1. The molecule has 0 fully saturated rings. The molecule has 0 aliphatic heterocycles. The van der Waals surface area contributed by atoms with Crippen LogP contribution in [0.5, 0.6) is 0 Å². The lowest BCUT2D eigenvalue weighted by molar-refractivity contribution is 0.373. The molecule has 0 bridgehead atoms. The van der Waals surface area contributed by atoms with Gasteiger partial charge in [-0.25, -0.2) is 14.5 Å². The van der Waals surface area contributed by atoms with Crippen LogP contribution >= 0.6 is 11.8 Å². The van der Waals surface area contributed by atoms with Crippen LogP contribution in [0.1, 0.15) is 49.2 Å². The third kappa shape index (κ3) is 3.80. The van der Waals surface area contributed by atoms with Gasteiger partial charge >= 0.3 is 0 Å². The molecule has 0 spiro atoms. The summed E-state index contributed by atoms with van der Waals surface area (Å²) in [6.45, 7) is 7.94. The van der Waals surface area contributed by atoms with Crippen molar-refractivity contribution >= 4 is 22.7 Å². The maximum absolute atomic E-state index is 13.3. The van der Waals surface area contributed by atoms with E-state index in [1.807, 2.05) is 58.0 Å². The van der Waals surface area contributed by atoms with Crippen LogP contribution in [0.2, 0.25) is 0 Å². The van der Waals surface area contributed by atoms with Crippen LogP contribution in [0, 0.1) is 6.92 Å². The summed E-state index contributed by atoms with van der Waals surface area (Å²) in [5, 5.41) is 4.94. The lowest BCUT2D eigenvalue weighted by atomic mass is 10.2. The van der Waals surface area contributed by atoms with Crippen LogP contribution in [0.25, 0.3) is 16.7 Å². The first-order valence-corrected chi connectivity index (χ1v) is 10.3. The molecule has 0 N–H and O–H groups in total. The van der Waals surface area contributed by atoms with Crippen molar-refractivity contribution in [1.29, 1.82) is 0 Å². The molecule has 0 saturated heterocycles. The molecular weight excluding hydrogens is 386 g/mol. The van der Waals surface area contributed by atoms with Crippen molar-refractivity contribution in [2.24, 2.45) is 0 Å². The molecule has 3 aromatic heterocycles. The first-order chi connectivity index (χ1) is 13.9. The van der Waals surface area contributed by atoms with Crippen LogP contribution in [0.4, 0.5) is 0 Å². The van der Waals surface area contributed by atoms with Gasteiger partial charge in [0, 0.05) is 12.1 Å². The maximum Gasteiger partial charge on any atom is 0.267 e. The van der Waals surface area contributed by atoms with Crippen LogP contribution in [-0.4, -0.2) is 24.7 Å². The molecule has 4 aromatic rings. The smallest absolute Gasteiger partial charge is 0.267 e. The van der Waals surface area contributed by atoms with Gasteiger partial charge in [-0.1, -0.05) is 42.9 Å². The number of para-hydroxylation sites is 1. The normalized spacial score (nSPS) is 12.6. The highest BCUT2D eigenvalue weighted by atomic mass is 32.2. The first kappa shape index (κ1) is 19.3. The van der Waals surface area contributed by atoms with Crippen molar-refractivity contribution in [1.82, 2.24) is 24.7 Å². The first-order valence-electron chi connectivity index (χ1n) is 9.39. The van der Waals surface area contributed by atoms with Crippen molar-refractivity contribution in [2.45, 2.75) is 44.0 Å². The highest BCUT2D eigenvalue weighted by Crippen LogP contribution is 2.34. The average Bonchev–Trinajstić information content (AvgIpc) is 3.19. The Labute approximate surface area is 172 Å². The number of rotatable bonds is 5. The Morgan fingerprint density at radius 3 is 2.62 bits per heavy atom. The van der Waals surface area contributed by atoms with E-state index >= 15 is 0 Å². The molecule has 0 aliphatic rings. The van der Waals surface area contributed by atoms with E-state index in [1.54, 1.807) is 16.8 Å². The monoisotopic (exact) mass is 407 g/mol. The molecule has 1 unspecified atom stereocenters. The molecule has 0 aliphatic carbocycles. The summed E-state index contributed by atoms with van der Waals surface area (Å²) < 4.78 is 6.98. The van der Waals surface area contributed by atoms with Crippen LogP contribution in [0.15, 0.2) is 57.1 Å². The topological polar surface area (TPSA) is 86.7 Å². The van der Waals surface area contributed by atoms with Gasteiger partial charge in [0.15, 0.2) is 11.0 Å². The van der Waals surface area contributed by atoms with E-state index in [2.05, 4.69) is 15.1 Å². The molecule has 0 saturated carbocycles. The third-order valence-electron chi connectivity index (χ3n) is 4.48. The van der Waals surface area contributed by atoms with Gasteiger partial charge in [-0.2, -0.15) is 4.98 Å². The van der Waals surface area contributed by atoms with E-state index in [1.165, 1.54) is 11.8 Å². The quantitative estimate of drug-likeness (QED) is 0.357. The Morgan fingerprint density at radius 1 is 1.10 bits per heavy atom. The number of aromatic nitrogens is 5. The minimum atomic E-state index is -0.181. The fraction of sp³-hybridized carbons (Fsp3) is 0.286. The summed E-state index contributed by atoms with van der Waals surface area (Å²) in [6, 6.07) is 11.1. The minimum Gasteiger partial charge on any atom is -0.338 e. The summed E-state index contributed by atoms with van der Waals surface area (Å²) in [5.41, 5.74) is 1.50. The number of benzene rings is 1. The average molecular weight is 407 g/mol. The van der Waals surface area contributed by atoms with Crippen molar-refractivity contribution < 1.29 is 4.52 Å². The van der Waals surface area contributed by atoms with Crippen LogP contribution in [0.3, 0.4) is 0 Å². The number of pyridine rings is 1. The van der Waals surface area contributed by atoms with E-state index in [9.17, 15) is 4.79 Å². The summed E-state index contributed by atoms with van der Waals surface area (Å²) >= 11 is 1.39. The lowest BCUT2D eigenvalue weighted by Crippen LogP contribution is -2.23. The van der Waals surface area contributed by atoms with E-state index in [4.69, 9.17) is 9.51 Å². The second-order valence-corrected chi connectivity index (χ2v) is 8.46. The van der Waals surface area contributed by atoms with Crippen molar-refractivity contribution in [3.05, 3.63) is 70.2 Å². The Kier molecular flexibility index (Phi) is 5.19. The molecule has 8 heteroatoms. The SMILES string of the molecule is Cc1ccnc(-n2c(SC(C)c3nc(C(C)C)no3)nc3ccccc3c2=O)c1. The van der Waals surface area contributed by atoms with Gasteiger partial charge in [0.05, 0.1) is 16.2 Å². The molecule has 0 amide bonds. The largest absolute Gasteiger partial charge is 0.338 e. The number of nitrogens with zero attached hydrogens (tertiary/aromatic N) is 5. The van der Waals surface area contributed by atoms with Gasteiger partial charge in [-0.3, -0.25) is 4.79 Å². The molecule has 7 nitrogen and oxygen atoms in total. The lowest BCUT2D eigenvalue weighted by Gasteiger charge is -2.14.